The Morgan fingerprint density at radius 2 is 2.08 bits per heavy atom. The Hall–Kier alpha value is -2.07. The summed E-state index contributed by atoms with van der Waals surface area (Å²) in [5.74, 6) is 0.850. The molecule has 26 heavy (non-hydrogen) atoms. The highest BCUT2D eigenvalue weighted by Gasteiger charge is 2.25. The van der Waals surface area contributed by atoms with Crippen LogP contribution in [0.5, 0.6) is 0 Å². The Morgan fingerprint density at radius 1 is 1.12 bits per heavy atom. The Bertz CT molecular complexity index is 805. The largest absolute Gasteiger partial charge is 0.379 e. The fourth-order valence-corrected chi connectivity index (χ4v) is 4.00. The van der Waals surface area contributed by atoms with Crippen molar-refractivity contribution in [1.29, 1.82) is 0 Å². The van der Waals surface area contributed by atoms with Crippen molar-refractivity contribution in [2.45, 2.75) is 44.2 Å². The van der Waals surface area contributed by atoms with Gasteiger partial charge in [-0.1, -0.05) is 36.0 Å². The van der Waals surface area contributed by atoms with E-state index in [1.807, 2.05) is 18.5 Å². The number of nitrogens with one attached hydrogen (secondary N) is 1. The molecule has 0 saturated carbocycles. The van der Waals surface area contributed by atoms with Gasteiger partial charge in [0.05, 0.1) is 23.5 Å². The Kier molecular flexibility index (Phi) is 5.40. The van der Waals surface area contributed by atoms with Crippen LogP contribution in [0.1, 0.15) is 32.1 Å². The average molecular weight is 364 g/mol. The first-order valence-electron chi connectivity index (χ1n) is 9.43. The number of rotatable bonds is 4. The molecular formula is C22H25N3S. The quantitative estimate of drug-likeness (QED) is 0.709. The summed E-state index contributed by atoms with van der Waals surface area (Å²) in [6.45, 7) is 0. The van der Waals surface area contributed by atoms with Crippen LogP contribution in [0.25, 0.3) is 0 Å². The highest BCUT2D eigenvalue weighted by Crippen LogP contribution is 2.33. The summed E-state index contributed by atoms with van der Waals surface area (Å²) in [6.07, 6.45) is 24.6. The number of dihydropyridines is 2. The van der Waals surface area contributed by atoms with Gasteiger partial charge < -0.3 is 5.32 Å². The molecule has 0 spiro atoms. The van der Waals surface area contributed by atoms with Crippen LogP contribution in [-0.2, 0) is 0 Å². The zero-order chi connectivity index (χ0) is 17.8. The van der Waals surface area contributed by atoms with Crippen LogP contribution >= 0.6 is 12.6 Å². The van der Waals surface area contributed by atoms with Gasteiger partial charge in [0.2, 0.25) is 0 Å². The summed E-state index contributed by atoms with van der Waals surface area (Å²) < 4.78 is 0. The Balaban J connectivity index is 1.65. The van der Waals surface area contributed by atoms with Crippen molar-refractivity contribution in [3.05, 3.63) is 71.1 Å². The number of aliphatic imine (C=N–C) groups is 2. The summed E-state index contributed by atoms with van der Waals surface area (Å²) in [5.41, 5.74) is 6.48. The summed E-state index contributed by atoms with van der Waals surface area (Å²) in [4.78, 5) is 9.71. The van der Waals surface area contributed by atoms with Gasteiger partial charge in [-0.05, 0) is 55.2 Å². The van der Waals surface area contributed by atoms with Crippen molar-refractivity contribution in [3.8, 4) is 0 Å². The average Bonchev–Trinajstić information content (AvgIpc) is 2.75. The molecule has 0 bridgehead atoms. The third-order valence-electron chi connectivity index (χ3n) is 5.23. The molecule has 0 fully saturated rings. The summed E-state index contributed by atoms with van der Waals surface area (Å²) in [6, 6.07) is 0.262. The van der Waals surface area contributed by atoms with Gasteiger partial charge in [-0.2, -0.15) is 12.6 Å². The molecule has 1 aliphatic carbocycles. The summed E-state index contributed by atoms with van der Waals surface area (Å²) >= 11 is 4.41. The second-order valence-electron chi connectivity index (χ2n) is 7.02. The highest BCUT2D eigenvalue weighted by molar-refractivity contribution is 7.80. The van der Waals surface area contributed by atoms with Crippen molar-refractivity contribution in [2.24, 2.45) is 9.98 Å². The van der Waals surface area contributed by atoms with Crippen LogP contribution in [0.4, 0.5) is 0 Å². The number of nitrogens with zero attached hydrogens (tertiary/aromatic N) is 2. The number of hydrogen-bond donors (Lipinski definition) is 2. The van der Waals surface area contributed by atoms with E-state index in [0.29, 0.717) is 0 Å². The SMILES string of the molecule is SCC1=CC=C(C2=CC(C3C=CC=CN3)=NC(C3=CCCC=N3)C2)CC1. The molecule has 0 aromatic heterocycles. The fraction of sp³-hybridized carbons (Fsp3) is 0.364. The third kappa shape index (κ3) is 3.85. The number of hydrogen-bond acceptors (Lipinski definition) is 4. The molecule has 4 aliphatic rings. The van der Waals surface area contributed by atoms with Gasteiger partial charge >= 0.3 is 0 Å². The maximum atomic E-state index is 5.06. The molecule has 4 heteroatoms. The van der Waals surface area contributed by atoms with E-state index in [1.54, 1.807) is 0 Å². The van der Waals surface area contributed by atoms with E-state index < -0.39 is 0 Å². The smallest absolute Gasteiger partial charge is 0.0960 e. The number of thiol groups is 1. The van der Waals surface area contributed by atoms with E-state index in [9.17, 15) is 0 Å². The predicted octanol–water partition coefficient (Wildman–Crippen LogP) is 4.49. The minimum absolute atomic E-state index is 0.124. The lowest BCUT2D eigenvalue weighted by atomic mass is 9.86. The van der Waals surface area contributed by atoms with E-state index in [0.717, 1.165) is 49.3 Å². The van der Waals surface area contributed by atoms with Crippen LogP contribution in [0.3, 0.4) is 0 Å². The molecule has 0 radical (unpaired) electrons. The van der Waals surface area contributed by atoms with E-state index in [-0.39, 0.29) is 12.1 Å². The van der Waals surface area contributed by atoms with Crippen LogP contribution in [0.15, 0.2) is 81.1 Å². The van der Waals surface area contributed by atoms with Gasteiger partial charge in [0.25, 0.3) is 0 Å². The Morgan fingerprint density at radius 3 is 2.77 bits per heavy atom. The van der Waals surface area contributed by atoms with Crippen molar-refractivity contribution >= 4 is 24.6 Å². The first-order valence-corrected chi connectivity index (χ1v) is 10.1. The minimum atomic E-state index is 0.124. The molecule has 4 rings (SSSR count). The lowest BCUT2D eigenvalue weighted by Gasteiger charge is -2.28. The van der Waals surface area contributed by atoms with Gasteiger partial charge in [0, 0.05) is 18.4 Å². The van der Waals surface area contributed by atoms with Gasteiger partial charge in [-0.3, -0.25) is 9.98 Å². The van der Waals surface area contributed by atoms with E-state index in [1.165, 1.54) is 16.7 Å². The number of allylic oxidation sites excluding steroid dienone is 6. The van der Waals surface area contributed by atoms with E-state index in [4.69, 9.17) is 4.99 Å². The molecular weight excluding hydrogens is 338 g/mol. The van der Waals surface area contributed by atoms with Crippen molar-refractivity contribution in [1.82, 2.24) is 5.32 Å². The van der Waals surface area contributed by atoms with Crippen molar-refractivity contribution in [2.75, 3.05) is 5.75 Å². The standard InChI is InChI=1S/C22H25N3S/c26-15-16-7-9-17(10-8-16)18-13-21(19-5-1-3-11-23-19)25-22(14-18)20-6-2-4-12-24-20/h1,3,5-7,9,11-13,19,22-23,26H,2,4,8,10,14-15H2. The monoisotopic (exact) mass is 363 g/mol. The van der Waals surface area contributed by atoms with Gasteiger partial charge in [0.1, 0.15) is 0 Å². The molecule has 3 aliphatic heterocycles. The molecule has 0 saturated heterocycles. The van der Waals surface area contributed by atoms with Crippen molar-refractivity contribution < 1.29 is 0 Å². The van der Waals surface area contributed by atoms with E-state index in [2.05, 4.69) is 59.4 Å². The summed E-state index contributed by atoms with van der Waals surface area (Å²) in [7, 11) is 0. The first-order chi connectivity index (χ1) is 12.8. The fourth-order valence-electron chi connectivity index (χ4n) is 3.73. The zero-order valence-corrected chi connectivity index (χ0v) is 15.8. The maximum absolute atomic E-state index is 5.06. The molecule has 3 nitrogen and oxygen atoms in total. The summed E-state index contributed by atoms with van der Waals surface area (Å²) in [5, 5.41) is 3.41. The van der Waals surface area contributed by atoms with Crippen LogP contribution in [0, 0.1) is 0 Å². The molecule has 2 atom stereocenters. The van der Waals surface area contributed by atoms with Gasteiger partial charge in [-0.25, -0.2) is 0 Å². The third-order valence-corrected chi connectivity index (χ3v) is 5.63. The lowest BCUT2D eigenvalue weighted by molar-refractivity contribution is 0.713. The van der Waals surface area contributed by atoms with E-state index >= 15 is 0 Å². The van der Waals surface area contributed by atoms with Crippen LogP contribution in [-0.4, -0.2) is 29.8 Å². The second-order valence-corrected chi connectivity index (χ2v) is 7.34. The second kappa shape index (κ2) is 8.09. The van der Waals surface area contributed by atoms with Gasteiger partial charge in [-0.15, -0.1) is 0 Å². The molecule has 0 aromatic rings. The zero-order valence-electron chi connectivity index (χ0n) is 14.9. The van der Waals surface area contributed by atoms with Crippen molar-refractivity contribution in [3.63, 3.8) is 0 Å². The lowest BCUT2D eigenvalue weighted by Crippen LogP contribution is -2.34. The van der Waals surface area contributed by atoms with Gasteiger partial charge in [0.15, 0.2) is 0 Å². The molecule has 1 N–H and O–H groups in total. The first kappa shape index (κ1) is 17.3. The van der Waals surface area contributed by atoms with Crippen LogP contribution in [0.2, 0.25) is 0 Å². The van der Waals surface area contributed by atoms with Crippen LogP contribution < -0.4 is 5.32 Å². The molecule has 2 unspecified atom stereocenters. The minimum Gasteiger partial charge on any atom is -0.379 e. The molecule has 0 amide bonds. The molecule has 3 heterocycles. The Labute approximate surface area is 161 Å². The normalized spacial score (nSPS) is 27.8. The molecule has 0 aromatic carbocycles. The maximum Gasteiger partial charge on any atom is 0.0960 e. The predicted molar refractivity (Wildman–Crippen MR) is 114 cm³/mol. The highest BCUT2D eigenvalue weighted by atomic mass is 32.1. The molecule has 134 valence electrons. The topological polar surface area (TPSA) is 36.8 Å².